The van der Waals surface area contributed by atoms with Gasteiger partial charge in [-0.3, -0.25) is 4.90 Å². The Bertz CT molecular complexity index is 258. The van der Waals surface area contributed by atoms with Crippen LogP contribution in [-0.4, -0.2) is 53.8 Å². The summed E-state index contributed by atoms with van der Waals surface area (Å²) in [5.41, 5.74) is 6.37. The van der Waals surface area contributed by atoms with Crippen LogP contribution >= 0.6 is 11.8 Å². The van der Waals surface area contributed by atoms with Gasteiger partial charge in [-0.1, -0.05) is 6.92 Å². The molecule has 2 aliphatic heterocycles. The van der Waals surface area contributed by atoms with Crippen LogP contribution in [0.4, 0.5) is 0 Å². The SMILES string of the molecule is CCC1(C)CC(CN)(N2CCSCC2)CCO1. The second-order valence-electron chi connectivity index (χ2n) is 5.61. The molecule has 2 aliphatic rings. The molecule has 100 valence electrons. The van der Waals surface area contributed by atoms with Gasteiger partial charge in [0.15, 0.2) is 0 Å². The van der Waals surface area contributed by atoms with Gasteiger partial charge in [0.1, 0.15) is 0 Å². The minimum absolute atomic E-state index is 0.0300. The quantitative estimate of drug-likeness (QED) is 0.836. The Kier molecular flexibility index (Phi) is 4.40. The molecule has 2 atom stereocenters. The van der Waals surface area contributed by atoms with Crippen LogP contribution in [-0.2, 0) is 4.74 Å². The van der Waals surface area contributed by atoms with Gasteiger partial charge in [-0.25, -0.2) is 0 Å². The third-order valence-electron chi connectivity index (χ3n) is 4.53. The second kappa shape index (κ2) is 5.47. The van der Waals surface area contributed by atoms with Crippen LogP contribution < -0.4 is 5.73 Å². The molecule has 4 heteroatoms. The molecular weight excluding hydrogens is 232 g/mol. The van der Waals surface area contributed by atoms with Crippen molar-refractivity contribution in [3.8, 4) is 0 Å². The van der Waals surface area contributed by atoms with Crippen LogP contribution in [0, 0.1) is 0 Å². The molecule has 0 aromatic heterocycles. The van der Waals surface area contributed by atoms with Crippen molar-refractivity contribution >= 4 is 11.8 Å². The van der Waals surface area contributed by atoms with Crippen molar-refractivity contribution in [2.45, 2.75) is 44.2 Å². The molecule has 2 saturated heterocycles. The Labute approximate surface area is 109 Å². The predicted octanol–water partition coefficient (Wildman–Crippen LogP) is 1.71. The molecule has 2 unspecified atom stereocenters. The number of thioether (sulfide) groups is 1. The van der Waals surface area contributed by atoms with Crippen molar-refractivity contribution in [3.63, 3.8) is 0 Å². The number of ether oxygens (including phenoxy) is 1. The summed E-state index contributed by atoms with van der Waals surface area (Å²) in [5, 5.41) is 0. The third-order valence-corrected chi connectivity index (χ3v) is 5.47. The lowest BCUT2D eigenvalue weighted by Crippen LogP contribution is -2.62. The minimum Gasteiger partial charge on any atom is -0.375 e. The Morgan fingerprint density at radius 1 is 1.35 bits per heavy atom. The molecule has 0 aliphatic carbocycles. The number of rotatable bonds is 3. The molecule has 2 heterocycles. The van der Waals surface area contributed by atoms with Gasteiger partial charge in [0.2, 0.25) is 0 Å². The number of nitrogens with two attached hydrogens (primary N) is 1. The molecule has 17 heavy (non-hydrogen) atoms. The largest absolute Gasteiger partial charge is 0.375 e. The summed E-state index contributed by atoms with van der Waals surface area (Å²) in [5.74, 6) is 2.51. The molecule has 2 N–H and O–H groups in total. The highest BCUT2D eigenvalue weighted by molar-refractivity contribution is 7.99. The van der Waals surface area contributed by atoms with Crippen LogP contribution in [0.1, 0.15) is 33.1 Å². The lowest BCUT2D eigenvalue weighted by atomic mass is 9.78. The van der Waals surface area contributed by atoms with Crippen molar-refractivity contribution in [3.05, 3.63) is 0 Å². The summed E-state index contributed by atoms with van der Waals surface area (Å²) in [6, 6.07) is 0. The average molecular weight is 258 g/mol. The molecule has 0 aromatic carbocycles. The smallest absolute Gasteiger partial charge is 0.0670 e. The number of hydrogen-bond donors (Lipinski definition) is 1. The van der Waals surface area contributed by atoms with Gasteiger partial charge in [-0.2, -0.15) is 11.8 Å². The van der Waals surface area contributed by atoms with Gasteiger partial charge in [0.05, 0.1) is 5.60 Å². The fraction of sp³-hybridized carbons (Fsp3) is 1.00. The van der Waals surface area contributed by atoms with Crippen LogP contribution in [0.3, 0.4) is 0 Å². The maximum absolute atomic E-state index is 6.14. The Morgan fingerprint density at radius 2 is 2.06 bits per heavy atom. The molecule has 3 nitrogen and oxygen atoms in total. The van der Waals surface area contributed by atoms with E-state index in [1.807, 2.05) is 0 Å². The van der Waals surface area contributed by atoms with E-state index in [9.17, 15) is 0 Å². The van der Waals surface area contributed by atoms with Crippen molar-refractivity contribution in [2.24, 2.45) is 5.73 Å². The topological polar surface area (TPSA) is 38.5 Å². The van der Waals surface area contributed by atoms with Gasteiger partial charge < -0.3 is 10.5 Å². The predicted molar refractivity (Wildman–Crippen MR) is 74.6 cm³/mol. The molecule has 0 amide bonds. The van der Waals surface area contributed by atoms with E-state index < -0.39 is 0 Å². The summed E-state index contributed by atoms with van der Waals surface area (Å²) in [6.45, 7) is 8.50. The number of nitrogens with zero attached hydrogens (tertiary/aromatic N) is 1. The standard InChI is InChI=1S/C13H26N2OS/c1-3-12(2)10-13(11-14,4-7-16-12)15-5-8-17-9-6-15/h3-11,14H2,1-2H3. The average Bonchev–Trinajstić information content (AvgIpc) is 2.40. The van der Waals surface area contributed by atoms with Gasteiger partial charge in [0.25, 0.3) is 0 Å². The highest BCUT2D eigenvalue weighted by Gasteiger charge is 2.45. The van der Waals surface area contributed by atoms with Crippen LogP contribution in [0.15, 0.2) is 0 Å². The summed E-state index contributed by atoms with van der Waals surface area (Å²) in [4.78, 5) is 2.64. The van der Waals surface area contributed by atoms with E-state index in [0.29, 0.717) is 0 Å². The van der Waals surface area contributed by atoms with E-state index in [1.54, 1.807) is 0 Å². The normalized spacial score (nSPS) is 40.4. The zero-order valence-corrected chi connectivity index (χ0v) is 12.0. The number of hydrogen-bond acceptors (Lipinski definition) is 4. The maximum atomic E-state index is 6.14. The van der Waals surface area contributed by atoms with Crippen molar-refractivity contribution < 1.29 is 4.74 Å². The lowest BCUT2D eigenvalue weighted by molar-refractivity contribution is -0.127. The molecule has 2 rings (SSSR count). The molecule has 0 saturated carbocycles. The first kappa shape index (κ1) is 13.7. The third kappa shape index (κ3) is 2.80. The van der Waals surface area contributed by atoms with E-state index >= 15 is 0 Å². The summed E-state index contributed by atoms with van der Waals surface area (Å²) < 4.78 is 5.98. The van der Waals surface area contributed by atoms with Gasteiger partial charge >= 0.3 is 0 Å². The van der Waals surface area contributed by atoms with E-state index in [1.165, 1.54) is 24.6 Å². The first-order valence-corrected chi connectivity index (χ1v) is 7.96. The van der Waals surface area contributed by atoms with E-state index in [0.717, 1.165) is 32.4 Å². The molecule has 2 fully saturated rings. The van der Waals surface area contributed by atoms with E-state index in [2.05, 4.69) is 30.5 Å². The van der Waals surface area contributed by atoms with E-state index in [-0.39, 0.29) is 11.1 Å². The summed E-state index contributed by atoms with van der Waals surface area (Å²) in [7, 11) is 0. The van der Waals surface area contributed by atoms with Gasteiger partial charge in [0, 0.05) is 43.3 Å². The molecule has 0 aromatic rings. The first-order chi connectivity index (χ1) is 8.14. The van der Waals surface area contributed by atoms with Crippen molar-refractivity contribution in [1.29, 1.82) is 0 Å². The van der Waals surface area contributed by atoms with Gasteiger partial charge in [-0.15, -0.1) is 0 Å². The Hall–Kier alpha value is 0.230. The monoisotopic (exact) mass is 258 g/mol. The molecule has 0 spiro atoms. The fourth-order valence-corrected chi connectivity index (χ4v) is 4.06. The first-order valence-electron chi connectivity index (χ1n) is 6.81. The Morgan fingerprint density at radius 3 is 2.65 bits per heavy atom. The molecular formula is C13H26N2OS. The highest BCUT2D eigenvalue weighted by Crippen LogP contribution is 2.38. The van der Waals surface area contributed by atoms with E-state index in [4.69, 9.17) is 10.5 Å². The summed E-state index contributed by atoms with van der Waals surface area (Å²) >= 11 is 2.06. The lowest BCUT2D eigenvalue weighted by Gasteiger charge is -2.52. The maximum Gasteiger partial charge on any atom is 0.0670 e. The molecule has 0 radical (unpaired) electrons. The fourth-order valence-electron chi connectivity index (χ4n) is 3.16. The molecule has 0 bridgehead atoms. The van der Waals surface area contributed by atoms with Gasteiger partial charge in [-0.05, 0) is 26.2 Å². The van der Waals surface area contributed by atoms with Crippen LogP contribution in [0.5, 0.6) is 0 Å². The van der Waals surface area contributed by atoms with Crippen molar-refractivity contribution in [1.82, 2.24) is 4.90 Å². The van der Waals surface area contributed by atoms with Crippen molar-refractivity contribution in [2.75, 3.05) is 37.7 Å². The minimum atomic E-state index is 0.0300. The zero-order valence-electron chi connectivity index (χ0n) is 11.2. The highest BCUT2D eigenvalue weighted by atomic mass is 32.2. The van der Waals surface area contributed by atoms with Crippen LogP contribution in [0.25, 0.3) is 0 Å². The second-order valence-corrected chi connectivity index (χ2v) is 6.83. The Balaban J connectivity index is 2.12. The summed E-state index contributed by atoms with van der Waals surface area (Å²) in [6.07, 6.45) is 3.28. The van der Waals surface area contributed by atoms with Crippen LogP contribution in [0.2, 0.25) is 0 Å². The zero-order chi connectivity index (χ0) is 12.4.